The Morgan fingerprint density at radius 1 is 1.35 bits per heavy atom. The Morgan fingerprint density at radius 2 is 2.13 bits per heavy atom. The van der Waals surface area contributed by atoms with Crippen LogP contribution in [0.1, 0.15) is 27.4 Å². The van der Waals surface area contributed by atoms with Crippen LogP contribution in [0.2, 0.25) is 0 Å². The van der Waals surface area contributed by atoms with Crippen molar-refractivity contribution < 1.29 is 4.79 Å². The molecule has 3 rings (SSSR count). The largest absolute Gasteiger partial charge is 0.338 e. The number of carbonyl (C=O) groups excluding carboxylic acids is 1. The first-order chi connectivity index (χ1) is 11.1. The van der Waals surface area contributed by atoms with Gasteiger partial charge in [0.1, 0.15) is 10.9 Å². The molecule has 1 aliphatic heterocycles. The number of amides is 1. The first kappa shape index (κ1) is 15.7. The van der Waals surface area contributed by atoms with Crippen LogP contribution in [-0.2, 0) is 12.8 Å². The van der Waals surface area contributed by atoms with Crippen molar-refractivity contribution >= 4 is 17.7 Å². The van der Waals surface area contributed by atoms with Crippen molar-refractivity contribution in [1.29, 1.82) is 0 Å². The van der Waals surface area contributed by atoms with Crippen LogP contribution in [-0.4, -0.2) is 45.1 Å². The van der Waals surface area contributed by atoms with E-state index in [9.17, 15) is 9.59 Å². The molecule has 0 bridgehead atoms. The molecule has 23 heavy (non-hydrogen) atoms. The first-order valence-electron chi connectivity index (χ1n) is 7.47. The fourth-order valence-electron chi connectivity index (χ4n) is 2.82. The number of thioether (sulfide) groups is 1. The number of rotatable bonds is 2. The molecule has 0 saturated heterocycles. The van der Waals surface area contributed by atoms with E-state index in [1.165, 1.54) is 11.8 Å². The minimum absolute atomic E-state index is 0.0385. The topological polar surface area (TPSA) is 79.0 Å². The Labute approximate surface area is 138 Å². The molecule has 0 unspecified atom stereocenters. The highest BCUT2D eigenvalue weighted by Gasteiger charge is 2.24. The molecule has 0 aliphatic carbocycles. The van der Waals surface area contributed by atoms with Gasteiger partial charge in [0.15, 0.2) is 0 Å². The molecule has 0 atom stereocenters. The molecular weight excluding hydrogens is 312 g/mol. The molecule has 1 amide bonds. The zero-order valence-electron chi connectivity index (χ0n) is 13.1. The third-order valence-electron chi connectivity index (χ3n) is 3.95. The van der Waals surface area contributed by atoms with Crippen molar-refractivity contribution in [1.82, 2.24) is 19.9 Å². The molecular formula is C16H18N4O2S. The molecule has 0 saturated carbocycles. The predicted molar refractivity (Wildman–Crippen MR) is 88.9 cm³/mol. The number of aromatic nitrogens is 3. The minimum Gasteiger partial charge on any atom is -0.338 e. The SMILES string of the molecule is CSc1ncccc1C(=O)N1CCc2nc(C)[nH]c(=O)c2CC1. The molecule has 1 N–H and O–H groups in total. The van der Waals surface area contributed by atoms with Gasteiger partial charge in [-0.15, -0.1) is 11.8 Å². The molecule has 0 radical (unpaired) electrons. The van der Waals surface area contributed by atoms with Gasteiger partial charge in [-0.05, 0) is 31.7 Å². The van der Waals surface area contributed by atoms with Crippen LogP contribution in [0.15, 0.2) is 28.2 Å². The van der Waals surface area contributed by atoms with Crippen molar-refractivity contribution in [2.24, 2.45) is 0 Å². The van der Waals surface area contributed by atoms with Gasteiger partial charge in [-0.2, -0.15) is 0 Å². The highest BCUT2D eigenvalue weighted by molar-refractivity contribution is 7.98. The summed E-state index contributed by atoms with van der Waals surface area (Å²) in [6.07, 6.45) is 4.72. The van der Waals surface area contributed by atoms with E-state index in [4.69, 9.17) is 0 Å². The maximum Gasteiger partial charge on any atom is 0.256 e. The molecule has 3 heterocycles. The van der Waals surface area contributed by atoms with Gasteiger partial charge in [0.05, 0.1) is 11.3 Å². The van der Waals surface area contributed by atoms with E-state index < -0.39 is 0 Å². The number of aryl methyl sites for hydroxylation is 1. The van der Waals surface area contributed by atoms with Gasteiger partial charge in [-0.1, -0.05) is 0 Å². The van der Waals surface area contributed by atoms with E-state index in [0.29, 0.717) is 42.9 Å². The third kappa shape index (κ3) is 3.14. The summed E-state index contributed by atoms with van der Waals surface area (Å²) in [5.74, 6) is 0.578. The average molecular weight is 330 g/mol. The Kier molecular flexibility index (Phi) is 4.47. The number of aromatic amines is 1. The maximum atomic E-state index is 12.8. The fourth-order valence-corrected chi connectivity index (χ4v) is 3.36. The molecule has 6 nitrogen and oxygen atoms in total. The highest BCUT2D eigenvalue weighted by atomic mass is 32.2. The quantitative estimate of drug-likeness (QED) is 0.843. The number of nitrogens with zero attached hydrogens (tertiary/aromatic N) is 3. The average Bonchev–Trinajstić information content (AvgIpc) is 2.77. The summed E-state index contributed by atoms with van der Waals surface area (Å²) < 4.78 is 0. The summed E-state index contributed by atoms with van der Waals surface area (Å²) in [7, 11) is 0. The van der Waals surface area contributed by atoms with Crippen LogP contribution in [0, 0.1) is 6.92 Å². The highest BCUT2D eigenvalue weighted by Crippen LogP contribution is 2.20. The smallest absolute Gasteiger partial charge is 0.256 e. The van der Waals surface area contributed by atoms with Crippen LogP contribution in [0.4, 0.5) is 0 Å². The monoisotopic (exact) mass is 330 g/mol. The molecule has 7 heteroatoms. The number of carbonyl (C=O) groups is 1. The lowest BCUT2D eigenvalue weighted by Crippen LogP contribution is -2.34. The van der Waals surface area contributed by atoms with Crippen molar-refractivity contribution in [3.63, 3.8) is 0 Å². The Hall–Kier alpha value is -2.15. The van der Waals surface area contributed by atoms with E-state index in [1.54, 1.807) is 30.2 Å². The maximum absolute atomic E-state index is 12.8. The lowest BCUT2D eigenvalue weighted by Gasteiger charge is -2.20. The summed E-state index contributed by atoms with van der Waals surface area (Å²) in [6.45, 7) is 2.85. The lowest BCUT2D eigenvalue weighted by molar-refractivity contribution is 0.0758. The Balaban J connectivity index is 1.86. The van der Waals surface area contributed by atoms with E-state index >= 15 is 0 Å². The van der Waals surface area contributed by atoms with Gasteiger partial charge in [0, 0.05) is 31.3 Å². The van der Waals surface area contributed by atoms with Gasteiger partial charge in [0.2, 0.25) is 0 Å². The van der Waals surface area contributed by atoms with Crippen LogP contribution >= 0.6 is 11.8 Å². The first-order valence-corrected chi connectivity index (χ1v) is 8.69. The summed E-state index contributed by atoms with van der Waals surface area (Å²) >= 11 is 1.46. The van der Waals surface area contributed by atoms with E-state index in [-0.39, 0.29) is 11.5 Å². The van der Waals surface area contributed by atoms with Crippen LogP contribution in [0.25, 0.3) is 0 Å². The van der Waals surface area contributed by atoms with Crippen LogP contribution in [0.3, 0.4) is 0 Å². The van der Waals surface area contributed by atoms with Crippen LogP contribution in [0.5, 0.6) is 0 Å². The molecule has 2 aromatic rings. The number of hydrogen-bond donors (Lipinski definition) is 1. The Bertz CT molecular complexity index is 803. The second-order valence-corrected chi connectivity index (χ2v) is 6.22. The number of hydrogen-bond acceptors (Lipinski definition) is 5. The number of nitrogens with one attached hydrogen (secondary N) is 1. The van der Waals surface area contributed by atoms with Gasteiger partial charge in [-0.3, -0.25) is 9.59 Å². The number of fused-ring (bicyclic) bond motifs is 1. The molecule has 120 valence electrons. The zero-order valence-corrected chi connectivity index (χ0v) is 13.9. The molecule has 0 aromatic carbocycles. The van der Waals surface area contributed by atoms with Crippen molar-refractivity contribution in [2.75, 3.05) is 19.3 Å². The van der Waals surface area contributed by atoms with Gasteiger partial charge < -0.3 is 9.88 Å². The van der Waals surface area contributed by atoms with Crippen molar-refractivity contribution in [2.45, 2.75) is 24.8 Å². The normalized spacial score (nSPS) is 14.3. The zero-order chi connectivity index (χ0) is 16.4. The molecule has 2 aromatic heterocycles. The van der Waals surface area contributed by atoms with E-state index in [1.807, 2.05) is 6.26 Å². The van der Waals surface area contributed by atoms with Gasteiger partial charge >= 0.3 is 0 Å². The second-order valence-electron chi connectivity index (χ2n) is 5.43. The molecule has 0 spiro atoms. The Morgan fingerprint density at radius 3 is 2.91 bits per heavy atom. The van der Waals surface area contributed by atoms with Gasteiger partial charge in [0.25, 0.3) is 11.5 Å². The minimum atomic E-state index is -0.0898. The lowest BCUT2D eigenvalue weighted by atomic mass is 10.1. The third-order valence-corrected chi connectivity index (χ3v) is 4.66. The van der Waals surface area contributed by atoms with Crippen molar-refractivity contribution in [3.05, 3.63) is 51.3 Å². The second kappa shape index (κ2) is 6.54. The van der Waals surface area contributed by atoms with Crippen molar-refractivity contribution in [3.8, 4) is 0 Å². The summed E-state index contributed by atoms with van der Waals surface area (Å²) in [4.78, 5) is 38.1. The summed E-state index contributed by atoms with van der Waals surface area (Å²) in [5, 5.41) is 0.728. The fraction of sp³-hybridized carbons (Fsp3) is 0.375. The summed E-state index contributed by atoms with van der Waals surface area (Å²) in [5.41, 5.74) is 2.02. The summed E-state index contributed by atoms with van der Waals surface area (Å²) in [6, 6.07) is 3.57. The number of H-pyrrole nitrogens is 1. The van der Waals surface area contributed by atoms with E-state index in [0.717, 1.165) is 10.7 Å². The van der Waals surface area contributed by atoms with E-state index in [2.05, 4.69) is 15.0 Å². The predicted octanol–water partition coefficient (Wildman–Crippen LogP) is 1.44. The number of pyridine rings is 1. The molecule has 1 aliphatic rings. The van der Waals surface area contributed by atoms with Gasteiger partial charge in [-0.25, -0.2) is 9.97 Å². The van der Waals surface area contributed by atoms with Crippen LogP contribution < -0.4 is 5.56 Å². The molecule has 0 fully saturated rings. The standard InChI is InChI=1S/C16H18N4O2S/c1-10-18-13-6-9-20(8-5-11(13)14(21)19-10)16(22)12-4-3-7-17-15(12)23-2/h3-4,7H,5-6,8-9H2,1-2H3,(H,18,19,21).